The van der Waals surface area contributed by atoms with Crippen LogP contribution in [0, 0.1) is 5.82 Å². The van der Waals surface area contributed by atoms with E-state index in [1.807, 2.05) is 19.2 Å². The van der Waals surface area contributed by atoms with Crippen molar-refractivity contribution in [2.24, 2.45) is 0 Å². The monoisotopic (exact) mass is 305 g/mol. The van der Waals surface area contributed by atoms with E-state index in [1.165, 1.54) is 11.6 Å². The number of hydrogen-bond acceptors (Lipinski definition) is 2. The highest BCUT2D eigenvalue weighted by atomic mass is 35.5. The molecule has 2 nitrogen and oxygen atoms in total. The minimum absolute atomic E-state index is 0.0452. The largest absolute Gasteiger partial charge is 0.493 e. The maximum atomic E-state index is 13.9. The van der Waals surface area contributed by atoms with Gasteiger partial charge >= 0.3 is 0 Å². The number of likely N-dealkylation sites (N-methyl/N-ethyl adjacent to an activating group) is 1. The summed E-state index contributed by atoms with van der Waals surface area (Å²) >= 11 is 5.96. The zero-order chi connectivity index (χ0) is 14.8. The lowest BCUT2D eigenvalue weighted by molar-refractivity contribution is 0.356. The Morgan fingerprint density at radius 3 is 2.95 bits per heavy atom. The molecule has 0 fully saturated rings. The molecule has 21 heavy (non-hydrogen) atoms. The maximum absolute atomic E-state index is 13.9. The van der Waals surface area contributed by atoms with E-state index in [2.05, 4.69) is 11.4 Å². The van der Waals surface area contributed by atoms with Crippen LogP contribution < -0.4 is 10.1 Å². The Morgan fingerprint density at radius 2 is 2.14 bits per heavy atom. The lowest BCUT2D eigenvalue weighted by Gasteiger charge is -2.18. The van der Waals surface area contributed by atoms with Gasteiger partial charge in [-0.25, -0.2) is 4.39 Å². The van der Waals surface area contributed by atoms with Gasteiger partial charge in [0.05, 0.1) is 6.61 Å². The van der Waals surface area contributed by atoms with Crippen molar-refractivity contribution in [3.05, 3.63) is 63.9 Å². The highest BCUT2D eigenvalue weighted by Crippen LogP contribution is 2.30. The normalized spacial score (nSPS) is 14.6. The van der Waals surface area contributed by atoms with Gasteiger partial charge in [-0.1, -0.05) is 23.7 Å². The Labute approximate surface area is 128 Å². The molecule has 1 aliphatic heterocycles. The Bertz CT molecular complexity index is 659. The van der Waals surface area contributed by atoms with Gasteiger partial charge in [-0.15, -0.1) is 0 Å². The summed E-state index contributed by atoms with van der Waals surface area (Å²) in [6.07, 6.45) is 1.49. The summed E-state index contributed by atoms with van der Waals surface area (Å²) in [5.41, 5.74) is 2.99. The Hall–Kier alpha value is -1.58. The fraction of sp³-hybridized carbons (Fsp3) is 0.294. The fourth-order valence-corrected chi connectivity index (χ4v) is 2.92. The Morgan fingerprint density at radius 1 is 1.29 bits per heavy atom. The molecule has 2 aromatic carbocycles. The molecule has 0 saturated heterocycles. The average Bonchev–Trinajstić information content (AvgIpc) is 2.95. The molecular formula is C17H17ClFNO. The zero-order valence-corrected chi connectivity index (χ0v) is 12.6. The van der Waals surface area contributed by atoms with Crippen molar-refractivity contribution in [3.8, 4) is 5.75 Å². The molecule has 0 amide bonds. The highest BCUT2D eigenvalue weighted by molar-refractivity contribution is 6.30. The smallest absolute Gasteiger partial charge is 0.126 e. The van der Waals surface area contributed by atoms with E-state index in [4.69, 9.17) is 16.3 Å². The van der Waals surface area contributed by atoms with E-state index in [0.29, 0.717) is 17.0 Å². The van der Waals surface area contributed by atoms with Crippen LogP contribution in [0.5, 0.6) is 5.75 Å². The van der Waals surface area contributed by atoms with Gasteiger partial charge in [0.25, 0.3) is 0 Å². The Kier molecular flexibility index (Phi) is 4.13. The van der Waals surface area contributed by atoms with Crippen molar-refractivity contribution >= 4 is 11.6 Å². The average molecular weight is 306 g/mol. The molecule has 2 aromatic rings. The second kappa shape index (κ2) is 6.04. The standard InChI is InChI=1S/C17H17ClFNO/c1-20-16(10-13-9-14(18)3-4-15(13)19)11-2-5-17-12(8-11)6-7-21-17/h2-5,8-9,16,20H,6-7,10H2,1H3. The Balaban J connectivity index is 1.86. The number of nitrogens with one attached hydrogen (secondary N) is 1. The molecule has 110 valence electrons. The third-order valence-electron chi connectivity index (χ3n) is 3.90. The summed E-state index contributed by atoms with van der Waals surface area (Å²) < 4.78 is 19.4. The second-order valence-corrected chi connectivity index (χ2v) is 5.68. The molecule has 0 spiro atoms. The summed E-state index contributed by atoms with van der Waals surface area (Å²) in [7, 11) is 1.89. The van der Waals surface area contributed by atoms with E-state index in [1.54, 1.807) is 12.1 Å². The number of ether oxygens (including phenoxy) is 1. The van der Waals surface area contributed by atoms with E-state index in [9.17, 15) is 4.39 Å². The summed E-state index contributed by atoms with van der Waals surface area (Å²) in [5, 5.41) is 3.81. The molecule has 4 heteroatoms. The minimum atomic E-state index is -0.218. The minimum Gasteiger partial charge on any atom is -0.493 e. The third-order valence-corrected chi connectivity index (χ3v) is 4.13. The fourth-order valence-electron chi connectivity index (χ4n) is 2.73. The van der Waals surface area contributed by atoms with Crippen LogP contribution in [0.3, 0.4) is 0 Å². The predicted molar refractivity (Wildman–Crippen MR) is 82.6 cm³/mol. The van der Waals surface area contributed by atoms with Crippen LogP contribution in [-0.2, 0) is 12.8 Å². The van der Waals surface area contributed by atoms with Crippen LogP contribution in [0.4, 0.5) is 4.39 Å². The van der Waals surface area contributed by atoms with Gasteiger partial charge in [-0.2, -0.15) is 0 Å². The molecule has 3 rings (SSSR count). The summed E-state index contributed by atoms with van der Waals surface area (Å²) in [4.78, 5) is 0. The molecule has 1 heterocycles. The quantitative estimate of drug-likeness (QED) is 0.924. The lowest BCUT2D eigenvalue weighted by atomic mass is 9.96. The first kappa shape index (κ1) is 14.4. The first-order valence-corrected chi connectivity index (χ1v) is 7.42. The van der Waals surface area contributed by atoms with Gasteiger partial charge in [0.2, 0.25) is 0 Å². The van der Waals surface area contributed by atoms with E-state index in [-0.39, 0.29) is 11.9 Å². The summed E-state index contributed by atoms with van der Waals surface area (Å²) in [6.45, 7) is 0.742. The summed E-state index contributed by atoms with van der Waals surface area (Å²) in [6, 6.07) is 10.9. The first-order valence-electron chi connectivity index (χ1n) is 7.04. The van der Waals surface area contributed by atoms with Gasteiger partial charge in [-0.05, 0) is 54.4 Å². The molecule has 1 atom stereocenters. The number of benzene rings is 2. The van der Waals surface area contributed by atoms with Crippen molar-refractivity contribution in [2.45, 2.75) is 18.9 Å². The number of fused-ring (bicyclic) bond motifs is 1. The van der Waals surface area contributed by atoms with Crippen molar-refractivity contribution < 1.29 is 9.13 Å². The molecule has 1 unspecified atom stereocenters. The molecule has 1 aliphatic rings. The van der Waals surface area contributed by atoms with Gasteiger partial charge in [-0.3, -0.25) is 0 Å². The highest BCUT2D eigenvalue weighted by Gasteiger charge is 2.17. The topological polar surface area (TPSA) is 21.3 Å². The molecule has 1 N–H and O–H groups in total. The number of hydrogen-bond donors (Lipinski definition) is 1. The van der Waals surface area contributed by atoms with Crippen molar-refractivity contribution in [3.63, 3.8) is 0 Å². The van der Waals surface area contributed by atoms with Crippen LogP contribution in [0.2, 0.25) is 5.02 Å². The lowest BCUT2D eigenvalue weighted by Crippen LogP contribution is -2.19. The molecular weight excluding hydrogens is 289 g/mol. The second-order valence-electron chi connectivity index (χ2n) is 5.25. The van der Waals surface area contributed by atoms with Gasteiger partial charge in [0, 0.05) is 17.5 Å². The number of rotatable bonds is 4. The van der Waals surface area contributed by atoms with Crippen molar-refractivity contribution in [1.29, 1.82) is 0 Å². The van der Waals surface area contributed by atoms with E-state index < -0.39 is 0 Å². The summed E-state index contributed by atoms with van der Waals surface area (Å²) in [5.74, 6) is 0.742. The maximum Gasteiger partial charge on any atom is 0.126 e. The molecule has 0 saturated carbocycles. The number of halogens is 2. The third kappa shape index (κ3) is 3.04. The SMILES string of the molecule is CNC(Cc1cc(Cl)ccc1F)c1ccc2c(c1)CCO2. The van der Waals surface area contributed by atoms with Gasteiger partial charge in [0.15, 0.2) is 0 Å². The van der Waals surface area contributed by atoms with Crippen LogP contribution in [0.25, 0.3) is 0 Å². The van der Waals surface area contributed by atoms with E-state index in [0.717, 1.165) is 24.3 Å². The van der Waals surface area contributed by atoms with Crippen LogP contribution in [-0.4, -0.2) is 13.7 Å². The molecule has 0 aromatic heterocycles. The van der Waals surface area contributed by atoms with Crippen LogP contribution in [0.1, 0.15) is 22.7 Å². The van der Waals surface area contributed by atoms with Crippen molar-refractivity contribution in [1.82, 2.24) is 5.32 Å². The van der Waals surface area contributed by atoms with Crippen LogP contribution >= 0.6 is 11.6 Å². The van der Waals surface area contributed by atoms with Crippen molar-refractivity contribution in [2.75, 3.05) is 13.7 Å². The van der Waals surface area contributed by atoms with Gasteiger partial charge in [0.1, 0.15) is 11.6 Å². The van der Waals surface area contributed by atoms with Crippen LogP contribution in [0.15, 0.2) is 36.4 Å². The molecule has 0 bridgehead atoms. The predicted octanol–water partition coefficient (Wildman–Crippen LogP) is 3.92. The van der Waals surface area contributed by atoms with E-state index >= 15 is 0 Å². The molecule has 0 radical (unpaired) electrons. The molecule has 0 aliphatic carbocycles. The van der Waals surface area contributed by atoms with Gasteiger partial charge < -0.3 is 10.1 Å². The first-order chi connectivity index (χ1) is 10.2. The zero-order valence-electron chi connectivity index (χ0n) is 11.8.